The molecular formula is C17H16ClN3O2S. The first kappa shape index (κ1) is 16.8. The van der Waals surface area contributed by atoms with Gasteiger partial charge in [0, 0.05) is 22.8 Å². The summed E-state index contributed by atoms with van der Waals surface area (Å²) in [5.74, 6) is 0.183. The number of carbonyl (C=O) groups excluding carboxylic acids is 1. The van der Waals surface area contributed by atoms with E-state index in [0.29, 0.717) is 33.3 Å². The molecule has 0 aliphatic rings. The molecular weight excluding hydrogens is 346 g/mol. The minimum atomic E-state index is -0.114. The average Bonchev–Trinajstić information content (AvgIpc) is 2.94. The number of rotatable bonds is 5. The number of Topliss-reactive ketones (excluding diaryl/α,β-unsaturated/α-hetero) is 1. The van der Waals surface area contributed by atoms with Gasteiger partial charge in [-0.05, 0) is 44.2 Å². The monoisotopic (exact) mass is 361 g/mol. The molecule has 0 bridgehead atoms. The molecule has 3 aromatic rings. The molecule has 124 valence electrons. The number of benzene rings is 1. The van der Waals surface area contributed by atoms with Gasteiger partial charge in [-0.2, -0.15) is 0 Å². The Morgan fingerprint density at radius 3 is 2.71 bits per heavy atom. The van der Waals surface area contributed by atoms with Gasteiger partial charge >= 0.3 is 0 Å². The first-order chi connectivity index (χ1) is 11.5. The molecule has 7 heteroatoms. The highest BCUT2D eigenvalue weighted by atomic mass is 35.5. The van der Waals surface area contributed by atoms with Crippen LogP contribution in [-0.2, 0) is 6.54 Å². The lowest BCUT2D eigenvalue weighted by atomic mass is 10.1. The summed E-state index contributed by atoms with van der Waals surface area (Å²) in [5.41, 5.74) is 2.50. The van der Waals surface area contributed by atoms with Crippen LogP contribution in [0.5, 0.6) is 0 Å². The first-order valence-electron chi connectivity index (χ1n) is 7.51. The Morgan fingerprint density at radius 2 is 2.04 bits per heavy atom. The van der Waals surface area contributed by atoms with Crippen LogP contribution < -0.4 is 5.56 Å². The normalized spacial score (nSPS) is 11.1. The average molecular weight is 362 g/mol. The summed E-state index contributed by atoms with van der Waals surface area (Å²) in [6.07, 6.45) is 0. The molecule has 1 aromatic carbocycles. The second kappa shape index (κ2) is 6.83. The zero-order valence-electron chi connectivity index (χ0n) is 13.3. The van der Waals surface area contributed by atoms with Crippen molar-refractivity contribution in [2.24, 2.45) is 0 Å². The highest BCUT2D eigenvalue weighted by molar-refractivity contribution is 7.99. The number of fused-ring (bicyclic) bond motifs is 1. The van der Waals surface area contributed by atoms with Gasteiger partial charge in [0.25, 0.3) is 5.56 Å². The van der Waals surface area contributed by atoms with Crippen molar-refractivity contribution in [1.82, 2.24) is 14.5 Å². The predicted molar refractivity (Wildman–Crippen MR) is 97.3 cm³/mol. The molecule has 0 aliphatic heterocycles. The van der Waals surface area contributed by atoms with Crippen LogP contribution in [0.15, 0.2) is 40.3 Å². The van der Waals surface area contributed by atoms with E-state index >= 15 is 0 Å². The second-order valence-electron chi connectivity index (χ2n) is 5.38. The lowest BCUT2D eigenvalue weighted by Gasteiger charge is -2.09. The number of aromatic nitrogens is 3. The maximum absolute atomic E-state index is 12.5. The quantitative estimate of drug-likeness (QED) is 0.427. The molecule has 5 nitrogen and oxygen atoms in total. The summed E-state index contributed by atoms with van der Waals surface area (Å²) in [7, 11) is 0. The Hall–Kier alpha value is -2.05. The van der Waals surface area contributed by atoms with Crippen molar-refractivity contribution in [3.8, 4) is 0 Å². The number of H-pyrrole nitrogens is 1. The van der Waals surface area contributed by atoms with Crippen molar-refractivity contribution in [1.29, 1.82) is 0 Å². The topological polar surface area (TPSA) is 67.8 Å². The first-order valence-corrected chi connectivity index (χ1v) is 8.87. The van der Waals surface area contributed by atoms with E-state index in [1.807, 2.05) is 19.9 Å². The molecule has 0 unspecified atom stereocenters. The van der Waals surface area contributed by atoms with Crippen molar-refractivity contribution in [3.63, 3.8) is 0 Å². The zero-order chi connectivity index (χ0) is 17.3. The summed E-state index contributed by atoms with van der Waals surface area (Å²) >= 11 is 7.11. The van der Waals surface area contributed by atoms with Crippen LogP contribution in [0.4, 0.5) is 0 Å². The van der Waals surface area contributed by atoms with E-state index in [9.17, 15) is 9.59 Å². The number of hydrogen-bond acceptors (Lipinski definition) is 4. The van der Waals surface area contributed by atoms with Gasteiger partial charge < -0.3 is 4.98 Å². The van der Waals surface area contributed by atoms with Crippen LogP contribution in [0.1, 0.15) is 23.0 Å². The molecule has 0 radical (unpaired) electrons. The summed E-state index contributed by atoms with van der Waals surface area (Å²) < 4.78 is 1.58. The highest BCUT2D eigenvalue weighted by Crippen LogP contribution is 2.20. The van der Waals surface area contributed by atoms with Gasteiger partial charge in [-0.25, -0.2) is 4.98 Å². The molecule has 24 heavy (non-hydrogen) atoms. The third kappa shape index (κ3) is 3.25. The summed E-state index contributed by atoms with van der Waals surface area (Å²) in [6, 6.07) is 8.61. The van der Waals surface area contributed by atoms with Crippen molar-refractivity contribution in [2.75, 3.05) is 5.75 Å². The molecule has 2 aromatic heterocycles. The molecule has 0 spiro atoms. The lowest BCUT2D eigenvalue weighted by molar-refractivity contribution is 0.102. The SMILES string of the molecule is CCn1c(SCC(=O)c2ccc(Cl)cc2)nc2cc(C)[nH]c2c1=O. The van der Waals surface area contributed by atoms with Gasteiger partial charge in [0.1, 0.15) is 5.52 Å². The van der Waals surface area contributed by atoms with Crippen molar-refractivity contribution in [2.45, 2.75) is 25.5 Å². The number of ketones is 1. The number of halogens is 1. The fourth-order valence-corrected chi connectivity index (χ4v) is 3.53. The van der Waals surface area contributed by atoms with Gasteiger partial charge in [0.2, 0.25) is 0 Å². The van der Waals surface area contributed by atoms with Crippen LogP contribution in [0.2, 0.25) is 5.02 Å². The lowest BCUT2D eigenvalue weighted by Crippen LogP contribution is -2.23. The molecule has 0 saturated heterocycles. The third-order valence-corrected chi connectivity index (χ3v) is 4.88. The molecule has 0 aliphatic carbocycles. The number of nitrogens with zero attached hydrogens (tertiary/aromatic N) is 2. The standard InChI is InChI=1S/C17H16ClN3O2S/c1-3-21-16(23)15-13(8-10(2)19-15)20-17(21)24-9-14(22)11-4-6-12(18)7-5-11/h4-8,19H,3,9H2,1-2H3. The van der Waals surface area contributed by atoms with Crippen molar-refractivity contribution >= 4 is 40.2 Å². The van der Waals surface area contributed by atoms with Crippen LogP contribution >= 0.6 is 23.4 Å². The summed E-state index contributed by atoms with van der Waals surface area (Å²) in [5, 5.41) is 1.14. The number of aromatic amines is 1. The Labute approximate surface area is 148 Å². The molecule has 3 rings (SSSR count). The van der Waals surface area contributed by atoms with Gasteiger partial charge in [-0.3, -0.25) is 14.2 Å². The van der Waals surface area contributed by atoms with Crippen molar-refractivity contribution < 1.29 is 4.79 Å². The largest absolute Gasteiger partial charge is 0.353 e. The molecule has 0 atom stereocenters. The van der Waals surface area contributed by atoms with E-state index < -0.39 is 0 Å². The minimum Gasteiger partial charge on any atom is -0.353 e. The Balaban J connectivity index is 1.88. The Morgan fingerprint density at radius 1 is 1.33 bits per heavy atom. The number of carbonyl (C=O) groups is 1. The number of hydrogen-bond donors (Lipinski definition) is 1. The molecule has 0 saturated carbocycles. The molecule has 2 heterocycles. The van der Waals surface area contributed by atoms with E-state index in [2.05, 4.69) is 9.97 Å². The predicted octanol–water partition coefficient (Wildman–Crippen LogP) is 3.68. The van der Waals surface area contributed by atoms with Crippen LogP contribution in [0, 0.1) is 6.92 Å². The molecule has 1 N–H and O–H groups in total. The maximum Gasteiger partial charge on any atom is 0.278 e. The fourth-order valence-electron chi connectivity index (χ4n) is 2.45. The van der Waals surface area contributed by atoms with Gasteiger partial charge in [0.05, 0.1) is 11.3 Å². The Kier molecular flexibility index (Phi) is 4.78. The number of thioether (sulfide) groups is 1. The smallest absolute Gasteiger partial charge is 0.278 e. The Bertz CT molecular complexity index is 960. The van der Waals surface area contributed by atoms with Gasteiger partial charge in [0.15, 0.2) is 10.9 Å². The van der Waals surface area contributed by atoms with Gasteiger partial charge in [-0.15, -0.1) is 0 Å². The number of aryl methyl sites for hydroxylation is 1. The maximum atomic E-state index is 12.5. The van der Waals surface area contributed by atoms with Gasteiger partial charge in [-0.1, -0.05) is 23.4 Å². The highest BCUT2D eigenvalue weighted by Gasteiger charge is 2.14. The summed E-state index contributed by atoms with van der Waals surface area (Å²) in [4.78, 5) is 32.4. The van der Waals surface area contributed by atoms with Crippen LogP contribution in [0.3, 0.4) is 0 Å². The van der Waals surface area contributed by atoms with Crippen LogP contribution in [0.25, 0.3) is 11.0 Å². The third-order valence-electron chi connectivity index (χ3n) is 3.65. The van der Waals surface area contributed by atoms with Crippen LogP contribution in [-0.4, -0.2) is 26.1 Å². The molecule has 0 amide bonds. The van der Waals surface area contributed by atoms with E-state index in [-0.39, 0.29) is 17.1 Å². The number of nitrogens with one attached hydrogen (secondary N) is 1. The molecule has 0 fully saturated rings. The fraction of sp³-hybridized carbons (Fsp3) is 0.235. The van der Waals surface area contributed by atoms with E-state index in [4.69, 9.17) is 11.6 Å². The van der Waals surface area contributed by atoms with E-state index in [1.165, 1.54) is 11.8 Å². The summed E-state index contributed by atoms with van der Waals surface area (Å²) in [6.45, 7) is 4.27. The van der Waals surface area contributed by atoms with E-state index in [1.54, 1.807) is 28.8 Å². The van der Waals surface area contributed by atoms with Crippen molar-refractivity contribution in [3.05, 3.63) is 57.0 Å². The second-order valence-corrected chi connectivity index (χ2v) is 6.75. The minimum absolute atomic E-state index is 0.0288. The van der Waals surface area contributed by atoms with E-state index in [0.717, 1.165) is 5.69 Å². The zero-order valence-corrected chi connectivity index (χ0v) is 14.9.